The van der Waals surface area contributed by atoms with Crippen molar-refractivity contribution in [3.63, 3.8) is 0 Å². The fourth-order valence-corrected chi connectivity index (χ4v) is 5.23. The second-order valence-corrected chi connectivity index (χ2v) is 9.81. The number of hydrogen-bond donors (Lipinski definition) is 1. The van der Waals surface area contributed by atoms with Crippen molar-refractivity contribution in [3.8, 4) is 0 Å². The highest BCUT2D eigenvalue weighted by Gasteiger charge is 2.34. The van der Waals surface area contributed by atoms with Gasteiger partial charge in [-0.1, -0.05) is 47.7 Å². The van der Waals surface area contributed by atoms with Gasteiger partial charge in [-0.2, -0.15) is 0 Å². The van der Waals surface area contributed by atoms with Gasteiger partial charge in [0.2, 0.25) is 16.9 Å². The lowest BCUT2D eigenvalue weighted by Crippen LogP contribution is -2.24. The first-order valence-electron chi connectivity index (χ1n) is 9.19. The molecule has 0 spiro atoms. The molecule has 0 radical (unpaired) electrons. The molecular weight excluding hydrogens is 424 g/mol. The topological polar surface area (TPSA) is 109 Å². The van der Waals surface area contributed by atoms with E-state index in [1.165, 1.54) is 12.1 Å². The number of sulfone groups is 1. The fourth-order valence-electron chi connectivity index (χ4n) is 3.22. The maximum absolute atomic E-state index is 12.4. The molecule has 0 saturated carbocycles. The number of rotatable bonds is 6. The van der Waals surface area contributed by atoms with E-state index < -0.39 is 21.5 Å². The van der Waals surface area contributed by atoms with Crippen LogP contribution in [0, 0.1) is 0 Å². The molecule has 4 rings (SSSR count). The minimum atomic E-state index is -3.74. The fraction of sp³-hybridized carbons (Fsp3) is 0.200. The van der Waals surface area contributed by atoms with Crippen LogP contribution in [0.25, 0.3) is 0 Å². The van der Waals surface area contributed by atoms with Gasteiger partial charge in [-0.15, -0.1) is 10.2 Å². The summed E-state index contributed by atoms with van der Waals surface area (Å²) in [6.45, 7) is 0.480. The number of hydrogen-bond acceptors (Lipinski definition) is 7. The molecule has 3 aromatic rings. The Morgan fingerprint density at radius 1 is 1.07 bits per heavy atom. The highest BCUT2D eigenvalue weighted by molar-refractivity contribution is 7.92. The van der Waals surface area contributed by atoms with Gasteiger partial charge >= 0.3 is 0 Å². The van der Waals surface area contributed by atoms with Crippen molar-refractivity contribution in [3.05, 3.63) is 65.7 Å². The molecule has 2 heterocycles. The molecule has 2 aromatic carbocycles. The quantitative estimate of drug-likeness (QED) is 0.628. The van der Waals surface area contributed by atoms with Gasteiger partial charge in [0, 0.05) is 24.6 Å². The SMILES string of the molecule is O=C(CS(=O)(=O)c1ccccc1)Nc1nnc([C@@H]2CC(=O)N(c3ccccc3)C2)s1. The smallest absolute Gasteiger partial charge is 0.241 e. The molecule has 1 aliphatic rings. The maximum Gasteiger partial charge on any atom is 0.241 e. The summed E-state index contributed by atoms with van der Waals surface area (Å²) in [5.74, 6) is -1.50. The van der Waals surface area contributed by atoms with Crippen LogP contribution in [0.5, 0.6) is 0 Å². The van der Waals surface area contributed by atoms with Gasteiger partial charge < -0.3 is 4.90 Å². The van der Waals surface area contributed by atoms with E-state index in [9.17, 15) is 18.0 Å². The minimum absolute atomic E-state index is 0.000870. The zero-order valence-electron chi connectivity index (χ0n) is 15.8. The molecule has 1 N–H and O–H groups in total. The molecule has 0 aliphatic carbocycles. The van der Waals surface area contributed by atoms with Gasteiger partial charge in [0.05, 0.1) is 4.90 Å². The van der Waals surface area contributed by atoms with E-state index >= 15 is 0 Å². The second-order valence-electron chi connectivity index (χ2n) is 6.81. The highest BCUT2D eigenvalue weighted by atomic mass is 32.2. The van der Waals surface area contributed by atoms with E-state index in [2.05, 4.69) is 15.5 Å². The van der Waals surface area contributed by atoms with Crippen LogP contribution in [-0.4, -0.2) is 42.7 Å². The molecule has 1 atom stereocenters. The molecule has 1 saturated heterocycles. The van der Waals surface area contributed by atoms with Crippen LogP contribution in [0.2, 0.25) is 0 Å². The normalized spacial score (nSPS) is 16.6. The largest absolute Gasteiger partial charge is 0.312 e. The highest BCUT2D eigenvalue weighted by Crippen LogP contribution is 2.34. The average Bonchev–Trinajstić information content (AvgIpc) is 3.35. The molecule has 2 amide bonds. The number of anilines is 2. The molecule has 154 valence electrons. The van der Waals surface area contributed by atoms with E-state index in [4.69, 9.17) is 0 Å². The zero-order valence-corrected chi connectivity index (χ0v) is 17.4. The van der Waals surface area contributed by atoms with Gasteiger partial charge in [0.1, 0.15) is 10.8 Å². The Kier molecular flexibility index (Phi) is 5.60. The number of carbonyl (C=O) groups excluding carboxylic acids is 2. The lowest BCUT2D eigenvalue weighted by molar-refractivity contribution is -0.117. The Hall–Kier alpha value is -3.11. The number of carbonyl (C=O) groups is 2. The second kappa shape index (κ2) is 8.33. The lowest BCUT2D eigenvalue weighted by Gasteiger charge is -2.15. The van der Waals surface area contributed by atoms with Crippen LogP contribution in [-0.2, 0) is 19.4 Å². The molecule has 0 bridgehead atoms. The van der Waals surface area contributed by atoms with Crippen molar-refractivity contribution in [1.82, 2.24) is 10.2 Å². The Bertz CT molecular complexity index is 1160. The third kappa shape index (κ3) is 4.39. The minimum Gasteiger partial charge on any atom is -0.312 e. The summed E-state index contributed by atoms with van der Waals surface area (Å²) in [7, 11) is -3.74. The van der Waals surface area contributed by atoms with Crippen LogP contribution in [0.3, 0.4) is 0 Å². The van der Waals surface area contributed by atoms with Crippen molar-refractivity contribution in [2.75, 3.05) is 22.5 Å². The Balaban J connectivity index is 1.40. The third-order valence-electron chi connectivity index (χ3n) is 4.65. The summed E-state index contributed by atoms with van der Waals surface area (Å²) in [5.41, 5.74) is 0.828. The number of aromatic nitrogens is 2. The van der Waals surface area contributed by atoms with Crippen LogP contribution >= 0.6 is 11.3 Å². The van der Waals surface area contributed by atoms with E-state index in [1.54, 1.807) is 23.1 Å². The first-order chi connectivity index (χ1) is 14.4. The van der Waals surface area contributed by atoms with E-state index in [-0.39, 0.29) is 21.9 Å². The van der Waals surface area contributed by atoms with Gasteiger partial charge in [-0.25, -0.2) is 8.42 Å². The van der Waals surface area contributed by atoms with Gasteiger partial charge in [0.25, 0.3) is 0 Å². The summed E-state index contributed by atoms with van der Waals surface area (Å²) in [5, 5.41) is 11.4. The van der Waals surface area contributed by atoms with Gasteiger partial charge in [-0.3, -0.25) is 14.9 Å². The summed E-state index contributed by atoms with van der Waals surface area (Å²) < 4.78 is 24.6. The molecule has 8 nitrogen and oxygen atoms in total. The molecular formula is C20H18N4O4S2. The average molecular weight is 443 g/mol. The Morgan fingerprint density at radius 2 is 1.73 bits per heavy atom. The molecule has 1 aliphatic heterocycles. The summed E-state index contributed by atoms with van der Waals surface area (Å²) >= 11 is 1.15. The molecule has 10 heteroatoms. The predicted molar refractivity (Wildman–Crippen MR) is 113 cm³/mol. The first kappa shape index (κ1) is 20.2. The Labute approximate surface area is 177 Å². The maximum atomic E-state index is 12.4. The van der Waals surface area contributed by atoms with E-state index in [0.717, 1.165) is 17.0 Å². The Morgan fingerprint density at radius 3 is 2.43 bits per heavy atom. The van der Waals surface area contributed by atoms with Gasteiger partial charge in [0.15, 0.2) is 9.84 Å². The number of benzene rings is 2. The number of amides is 2. The van der Waals surface area contributed by atoms with Crippen LogP contribution in [0.4, 0.5) is 10.8 Å². The van der Waals surface area contributed by atoms with Crippen LogP contribution in [0.15, 0.2) is 65.6 Å². The predicted octanol–water partition coefficient (Wildman–Crippen LogP) is 2.47. The molecule has 0 unspecified atom stereocenters. The van der Waals surface area contributed by atoms with Crippen LogP contribution < -0.4 is 10.2 Å². The van der Waals surface area contributed by atoms with Crippen molar-refractivity contribution in [2.24, 2.45) is 0 Å². The van der Waals surface area contributed by atoms with Gasteiger partial charge in [-0.05, 0) is 24.3 Å². The number of para-hydroxylation sites is 1. The molecule has 1 aromatic heterocycles. The third-order valence-corrected chi connectivity index (χ3v) is 7.29. The summed E-state index contributed by atoms with van der Waals surface area (Å²) in [6.07, 6.45) is 0.305. The monoisotopic (exact) mass is 442 g/mol. The van der Waals surface area contributed by atoms with Crippen molar-refractivity contribution < 1.29 is 18.0 Å². The zero-order chi connectivity index (χ0) is 21.1. The van der Waals surface area contributed by atoms with Crippen molar-refractivity contribution in [2.45, 2.75) is 17.2 Å². The standard InChI is InChI=1S/C20H18N4O4S2/c25-17(13-30(27,28)16-9-5-2-6-10-16)21-20-23-22-19(29-20)14-11-18(26)24(12-14)15-7-3-1-4-8-15/h1-10,14H,11-13H2,(H,21,23,25)/t14-/m1/s1. The first-order valence-corrected chi connectivity index (χ1v) is 11.7. The molecule has 30 heavy (non-hydrogen) atoms. The summed E-state index contributed by atoms with van der Waals surface area (Å²) in [6, 6.07) is 17.2. The van der Waals surface area contributed by atoms with Crippen molar-refractivity contribution >= 4 is 43.8 Å². The van der Waals surface area contributed by atoms with E-state index in [0.29, 0.717) is 18.0 Å². The van der Waals surface area contributed by atoms with Crippen LogP contribution in [0.1, 0.15) is 17.3 Å². The lowest BCUT2D eigenvalue weighted by atomic mass is 10.1. The van der Waals surface area contributed by atoms with E-state index in [1.807, 2.05) is 30.3 Å². The summed E-state index contributed by atoms with van der Waals surface area (Å²) in [4.78, 5) is 26.4. The molecule has 1 fully saturated rings. The van der Waals surface area contributed by atoms with Crippen molar-refractivity contribution in [1.29, 1.82) is 0 Å². The number of nitrogens with one attached hydrogen (secondary N) is 1. The number of nitrogens with zero attached hydrogens (tertiary/aromatic N) is 3.